The highest BCUT2D eigenvalue weighted by atomic mass is 35.5. The summed E-state index contributed by atoms with van der Waals surface area (Å²) >= 11 is 31.8. The van der Waals surface area contributed by atoms with E-state index in [0.29, 0.717) is 11.1 Å². The molecule has 0 atom stereocenters. The molecular weight excluding hydrogens is 418 g/mol. The first kappa shape index (κ1) is 19.0. The van der Waals surface area contributed by atoms with Crippen LogP contribution >= 0.6 is 69.8 Å². The molecule has 23 heavy (non-hydrogen) atoms. The van der Waals surface area contributed by atoms with E-state index in [1.54, 1.807) is 23.9 Å². The van der Waals surface area contributed by atoms with Gasteiger partial charge >= 0.3 is 0 Å². The predicted molar refractivity (Wildman–Crippen MR) is 103 cm³/mol. The molecule has 0 fully saturated rings. The van der Waals surface area contributed by atoms with E-state index in [-0.39, 0.29) is 30.9 Å². The second-order valence-electron chi connectivity index (χ2n) is 4.41. The summed E-state index contributed by atoms with van der Waals surface area (Å²) in [5, 5.41) is 0.568. The van der Waals surface area contributed by atoms with E-state index >= 15 is 0 Å². The molecule has 0 aliphatic heterocycles. The van der Waals surface area contributed by atoms with Crippen LogP contribution in [0.2, 0.25) is 25.1 Å². The molecule has 0 bridgehead atoms. The second kappa shape index (κ2) is 8.15. The first-order valence-corrected chi connectivity index (χ1v) is 9.36. The Bertz CT molecular complexity index is 755. The largest absolute Gasteiger partial charge is 0.289 e. The van der Waals surface area contributed by atoms with Gasteiger partial charge in [0.2, 0.25) is 0 Å². The first-order chi connectivity index (χ1) is 10.9. The average molecular weight is 427 g/mol. The Morgan fingerprint density at radius 3 is 1.83 bits per heavy atom. The molecule has 2 rings (SSSR count). The lowest BCUT2D eigenvalue weighted by Gasteiger charge is -2.09. The summed E-state index contributed by atoms with van der Waals surface area (Å²) in [6, 6.07) is 7.26. The zero-order valence-electron chi connectivity index (χ0n) is 11.7. The van der Waals surface area contributed by atoms with Crippen LogP contribution in [-0.2, 0) is 0 Å². The number of carbonyl (C=O) groups is 1. The number of allylic oxidation sites excluding steroid dienone is 1. The Balaban J connectivity index is 2.34. The summed E-state index contributed by atoms with van der Waals surface area (Å²) in [4.78, 5) is 13.3. The lowest BCUT2D eigenvalue weighted by Crippen LogP contribution is -1.94. The SMILES string of the molecule is CSc1ccc(C(=O)C=Cc2c(Cl)c(Cl)c(Cl)c(Cl)c2Cl)cc1. The van der Waals surface area contributed by atoms with Gasteiger partial charge in [-0.3, -0.25) is 4.79 Å². The van der Waals surface area contributed by atoms with Crippen LogP contribution in [0.5, 0.6) is 0 Å². The lowest BCUT2D eigenvalue weighted by molar-refractivity contribution is 0.104. The van der Waals surface area contributed by atoms with Gasteiger partial charge in [0.15, 0.2) is 5.78 Å². The Hall–Kier alpha value is -0.350. The zero-order chi connectivity index (χ0) is 17.1. The number of ketones is 1. The third-order valence-electron chi connectivity index (χ3n) is 3.02. The van der Waals surface area contributed by atoms with Gasteiger partial charge in [-0.2, -0.15) is 0 Å². The Labute approximate surface area is 163 Å². The van der Waals surface area contributed by atoms with Gasteiger partial charge in [0.05, 0.1) is 25.1 Å². The van der Waals surface area contributed by atoms with Crippen LogP contribution in [0.15, 0.2) is 35.2 Å². The number of rotatable bonds is 4. The maximum absolute atomic E-state index is 12.2. The van der Waals surface area contributed by atoms with Gasteiger partial charge < -0.3 is 0 Å². The fourth-order valence-electron chi connectivity index (χ4n) is 1.78. The molecule has 0 saturated carbocycles. The van der Waals surface area contributed by atoms with Crippen LogP contribution < -0.4 is 0 Å². The number of hydrogen-bond donors (Lipinski definition) is 0. The Morgan fingerprint density at radius 1 is 0.870 bits per heavy atom. The van der Waals surface area contributed by atoms with Gasteiger partial charge in [0, 0.05) is 16.0 Å². The van der Waals surface area contributed by atoms with Crippen molar-refractivity contribution in [2.45, 2.75) is 4.90 Å². The summed E-state index contributed by atoms with van der Waals surface area (Å²) in [6.07, 6.45) is 4.81. The molecule has 0 saturated heterocycles. The van der Waals surface area contributed by atoms with Crippen molar-refractivity contribution in [1.82, 2.24) is 0 Å². The molecule has 0 aliphatic rings. The highest BCUT2D eigenvalue weighted by molar-refractivity contribution is 7.98. The van der Waals surface area contributed by atoms with Gasteiger partial charge in [-0.15, -0.1) is 11.8 Å². The van der Waals surface area contributed by atoms with Crippen molar-refractivity contribution < 1.29 is 4.79 Å². The predicted octanol–water partition coefficient (Wildman–Crippen LogP) is 7.57. The van der Waals surface area contributed by atoms with Crippen LogP contribution in [-0.4, -0.2) is 12.0 Å². The Morgan fingerprint density at radius 2 is 1.35 bits per heavy atom. The fraction of sp³-hybridized carbons (Fsp3) is 0.0625. The van der Waals surface area contributed by atoms with Crippen molar-refractivity contribution >= 4 is 81.6 Å². The summed E-state index contributed by atoms with van der Waals surface area (Å²) in [7, 11) is 0. The van der Waals surface area contributed by atoms with Crippen molar-refractivity contribution in [3.8, 4) is 0 Å². The molecule has 0 unspecified atom stereocenters. The molecule has 0 aliphatic carbocycles. The number of thioether (sulfide) groups is 1. The highest BCUT2D eigenvalue weighted by Gasteiger charge is 2.17. The van der Waals surface area contributed by atoms with Crippen molar-refractivity contribution in [1.29, 1.82) is 0 Å². The first-order valence-electron chi connectivity index (χ1n) is 6.24. The van der Waals surface area contributed by atoms with Gasteiger partial charge in [-0.05, 0) is 42.7 Å². The van der Waals surface area contributed by atoms with E-state index in [1.165, 1.54) is 12.2 Å². The molecule has 2 aromatic carbocycles. The van der Waals surface area contributed by atoms with E-state index in [1.807, 2.05) is 18.4 Å². The maximum Gasteiger partial charge on any atom is 0.185 e. The molecule has 2 aromatic rings. The van der Waals surface area contributed by atoms with Crippen molar-refractivity contribution in [3.63, 3.8) is 0 Å². The lowest BCUT2D eigenvalue weighted by atomic mass is 10.1. The number of benzene rings is 2. The minimum atomic E-state index is -0.188. The van der Waals surface area contributed by atoms with E-state index in [4.69, 9.17) is 58.0 Å². The summed E-state index contributed by atoms with van der Waals surface area (Å²) < 4.78 is 0. The molecule has 0 amide bonds. The number of hydrogen-bond acceptors (Lipinski definition) is 2. The maximum atomic E-state index is 12.2. The zero-order valence-corrected chi connectivity index (χ0v) is 16.3. The van der Waals surface area contributed by atoms with Gasteiger partial charge in [-0.1, -0.05) is 58.0 Å². The fourth-order valence-corrected chi connectivity index (χ4v) is 3.47. The number of halogens is 5. The normalized spacial score (nSPS) is 11.2. The molecule has 0 heterocycles. The van der Waals surface area contributed by atoms with E-state index in [9.17, 15) is 4.79 Å². The summed E-state index contributed by atoms with van der Waals surface area (Å²) in [5.74, 6) is -0.188. The van der Waals surface area contributed by atoms with E-state index in [0.717, 1.165) is 4.90 Å². The van der Waals surface area contributed by atoms with Gasteiger partial charge in [0.1, 0.15) is 0 Å². The van der Waals surface area contributed by atoms with Gasteiger partial charge in [-0.25, -0.2) is 0 Å². The quantitative estimate of drug-likeness (QED) is 0.165. The molecule has 7 heteroatoms. The van der Waals surface area contributed by atoms with Crippen LogP contribution in [0.1, 0.15) is 15.9 Å². The van der Waals surface area contributed by atoms with Crippen LogP contribution in [0.3, 0.4) is 0 Å². The summed E-state index contributed by atoms with van der Waals surface area (Å²) in [5.41, 5.74) is 0.902. The minimum Gasteiger partial charge on any atom is -0.289 e. The van der Waals surface area contributed by atoms with E-state index < -0.39 is 0 Å². The monoisotopic (exact) mass is 424 g/mol. The topological polar surface area (TPSA) is 17.1 Å². The third kappa shape index (κ3) is 4.19. The average Bonchev–Trinajstić information content (AvgIpc) is 2.58. The molecule has 0 radical (unpaired) electrons. The Kier molecular flexibility index (Phi) is 6.73. The standard InChI is InChI=1S/C16H9Cl5OS/c1-23-9-4-2-8(3-5-9)11(22)7-6-10-12(17)14(19)16(21)15(20)13(10)18/h2-7H,1H3. The molecular formula is C16H9Cl5OS. The molecule has 1 nitrogen and oxygen atoms in total. The van der Waals surface area contributed by atoms with Crippen LogP contribution in [0.4, 0.5) is 0 Å². The summed E-state index contributed by atoms with van der Waals surface area (Å²) in [6.45, 7) is 0. The van der Waals surface area contributed by atoms with Crippen molar-refractivity contribution in [2.75, 3.05) is 6.26 Å². The smallest absolute Gasteiger partial charge is 0.185 e. The van der Waals surface area contributed by atoms with E-state index in [2.05, 4.69) is 0 Å². The van der Waals surface area contributed by atoms with Crippen LogP contribution in [0, 0.1) is 0 Å². The highest BCUT2D eigenvalue weighted by Crippen LogP contribution is 2.44. The molecule has 0 N–H and O–H groups in total. The second-order valence-corrected chi connectivity index (χ2v) is 7.18. The van der Waals surface area contributed by atoms with Crippen molar-refractivity contribution in [3.05, 3.63) is 66.6 Å². The van der Waals surface area contributed by atoms with Crippen LogP contribution in [0.25, 0.3) is 6.08 Å². The molecule has 0 spiro atoms. The number of carbonyl (C=O) groups excluding carboxylic acids is 1. The third-order valence-corrected chi connectivity index (χ3v) is 6.07. The van der Waals surface area contributed by atoms with Crippen molar-refractivity contribution in [2.24, 2.45) is 0 Å². The minimum absolute atomic E-state index is 0.0828. The molecule has 0 aromatic heterocycles. The molecule has 120 valence electrons. The van der Waals surface area contributed by atoms with Gasteiger partial charge in [0.25, 0.3) is 0 Å².